The van der Waals surface area contributed by atoms with E-state index in [-0.39, 0.29) is 5.97 Å². The Morgan fingerprint density at radius 1 is 1.43 bits per heavy atom. The number of hydrogen-bond donors (Lipinski definition) is 1. The number of likely N-dealkylation sites (N-methyl/N-ethyl adjacent to an activating group) is 1. The maximum absolute atomic E-state index is 12.1. The number of nitrogens with zero attached hydrogens (tertiary/aromatic N) is 2. The number of benzene rings is 1. The second-order valence-electron chi connectivity index (χ2n) is 5.61. The minimum Gasteiger partial charge on any atom is -0.465 e. The van der Waals surface area contributed by atoms with Gasteiger partial charge in [0, 0.05) is 19.1 Å². The van der Waals surface area contributed by atoms with Crippen molar-refractivity contribution in [2.45, 2.75) is 25.8 Å². The summed E-state index contributed by atoms with van der Waals surface area (Å²) in [5.74, 6) is -0.329. The molecule has 0 spiro atoms. The minimum atomic E-state index is -0.329. The quantitative estimate of drug-likeness (QED) is 0.681. The number of rotatable bonds is 3. The number of carbonyl (C=O) groups excluding carboxylic acids is 1. The van der Waals surface area contributed by atoms with Crippen LogP contribution in [-0.4, -0.2) is 50.7 Å². The summed E-state index contributed by atoms with van der Waals surface area (Å²) in [6.45, 7) is 5.12. The summed E-state index contributed by atoms with van der Waals surface area (Å²) in [5, 5.41) is 0. The Balaban J connectivity index is 2.45. The molecule has 116 valence electrons. The van der Waals surface area contributed by atoms with E-state index in [0.29, 0.717) is 17.3 Å². The minimum absolute atomic E-state index is 0.329. The molecule has 0 aromatic heterocycles. The molecule has 21 heavy (non-hydrogen) atoms. The smallest absolute Gasteiger partial charge is 0.340 e. The van der Waals surface area contributed by atoms with Gasteiger partial charge in [-0.15, -0.1) is 0 Å². The summed E-state index contributed by atoms with van der Waals surface area (Å²) in [6.07, 6.45) is 2.07. The molecule has 1 aromatic carbocycles. The summed E-state index contributed by atoms with van der Waals surface area (Å²) in [7, 11) is 3.55. The molecule has 0 bridgehead atoms. The summed E-state index contributed by atoms with van der Waals surface area (Å²) in [6, 6.07) is 5.79. The van der Waals surface area contributed by atoms with E-state index in [1.165, 1.54) is 7.11 Å². The van der Waals surface area contributed by atoms with Gasteiger partial charge in [-0.1, -0.05) is 13.0 Å². The number of methoxy groups -OCH3 is 1. The third-order valence-corrected chi connectivity index (χ3v) is 4.13. The Bertz CT molecular complexity index is 504. The topological polar surface area (TPSA) is 58.8 Å². The van der Waals surface area contributed by atoms with E-state index < -0.39 is 0 Å². The van der Waals surface area contributed by atoms with Gasteiger partial charge in [-0.05, 0) is 38.6 Å². The molecule has 0 radical (unpaired) electrons. The Morgan fingerprint density at radius 3 is 2.86 bits per heavy atom. The average Bonchev–Trinajstić information content (AvgIpc) is 2.67. The highest BCUT2D eigenvalue weighted by Crippen LogP contribution is 2.32. The van der Waals surface area contributed by atoms with Crippen molar-refractivity contribution in [3.8, 4) is 0 Å². The van der Waals surface area contributed by atoms with Crippen molar-refractivity contribution < 1.29 is 9.53 Å². The predicted octanol–water partition coefficient (Wildman–Crippen LogP) is 1.98. The van der Waals surface area contributed by atoms with Gasteiger partial charge in [0.25, 0.3) is 0 Å². The fourth-order valence-corrected chi connectivity index (χ4v) is 3.04. The number of ether oxygens (including phenoxy) is 1. The summed E-state index contributed by atoms with van der Waals surface area (Å²) >= 11 is 0. The maximum atomic E-state index is 12.1. The van der Waals surface area contributed by atoms with Crippen LogP contribution in [0.3, 0.4) is 0 Å². The van der Waals surface area contributed by atoms with Crippen molar-refractivity contribution in [2.24, 2.45) is 0 Å². The van der Waals surface area contributed by atoms with Crippen LogP contribution in [0.1, 0.15) is 30.1 Å². The molecule has 1 aliphatic rings. The van der Waals surface area contributed by atoms with E-state index in [1.54, 1.807) is 12.1 Å². The lowest BCUT2D eigenvalue weighted by Crippen LogP contribution is -2.41. The molecule has 2 rings (SSSR count). The first-order valence-corrected chi connectivity index (χ1v) is 7.50. The molecule has 1 saturated heterocycles. The lowest BCUT2D eigenvalue weighted by Gasteiger charge is -2.34. The lowest BCUT2D eigenvalue weighted by molar-refractivity contribution is 0.0601. The molecule has 0 saturated carbocycles. The zero-order valence-electron chi connectivity index (χ0n) is 13.1. The molecule has 1 unspecified atom stereocenters. The zero-order valence-corrected chi connectivity index (χ0v) is 13.1. The first kappa shape index (κ1) is 15.6. The Labute approximate surface area is 126 Å². The molecule has 0 aliphatic carbocycles. The largest absolute Gasteiger partial charge is 0.465 e. The average molecular weight is 291 g/mol. The summed E-state index contributed by atoms with van der Waals surface area (Å²) < 4.78 is 4.91. The number of esters is 1. The summed E-state index contributed by atoms with van der Waals surface area (Å²) in [5.41, 5.74) is 8.21. The Kier molecular flexibility index (Phi) is 5.07. The van der Waals surface area contributed by atoms with E-state index in [4.69, 9.17) is 10.5 Å². The standard InChI is InChI=1S/C16H25N3O2/c1-4-12-11-18(2)9-6-10-19(12)15-13(16(20)21-3)7-5-8-14(15)17/h5,7-8,12H,4,6,9-11,17H2,1-3H3. The van der Waals surface area contributed by atoms with Crippen LogP contribution in [0, 0.1) is 0 Å². The summed E-state index contributed by atoms with van der Waals surface area (Å²) in [4.78, 5) is 16.7. The van der Waals surface area contributed by atoms with E-state index in [2.05, 4.69) is 23.8 Å². The molecule has 5 heteroatoms. The van der Waals surface area contributed by atoms with Gasteiger partial charge >= 0.3 is 5.97 Å². The van der Waals surface area contributed by atoms with Gasteiger partial charge in [-0.25, -0.2) is 4.79 Å². The van der Waals surface area contributed by atoms with E-state index in [9.17, 15) is 4.79 Å². The van der Waals surface area contributed by atoms with Gasteiger partial charge in [0.15, 0.2) is 0 Å². The highest BCUT2D eigenvalue weighted by Gasteiger charge is 2.27. The fraction of sp³-hybridized carbons (Fsp3) is 0.562. The van der Waals surface area contributed by atoms with Crippen molar-refractivity contribution in [1.82, 2.24) is 4.90 Å². The number of anilines is 2. The van der Waals surface area contributed by atoms with Crippen LogP contribution in [0.25, 0.3) is 0 Å². The van der Waals surface area contributed by atoms with Crippen LogP contribution < -0.4 is 10.6 Å². The fourth-order valence-electron chi connectivity index (χ4n) is 3.04. The maximum Gasteiger partial charge on any atom is 0.340 e. The van der Waals surface area contributed by atoms with Crippen LogP contribution in [0.4, 0.5) is 11.4 Å². The highest BCUT2D eigenvalue weighted by atomic mass is 16.5. The van der Waals surface area contributed by atoms with Crippen LogP contribution >= 0.6 is 0 Å². The van der Waals surface area contributed by atoms with E-state index >= 15 is 0 Å². The highest BCUT2D eigenvalue weighted by molar-refractivity contribution is 5.99. The van der Waals surface area contributed by atoms with E-state index in [1.807, 2.05) is 6.07 Å². The predicted molar refractivity (Wildman–Crippen MR) is 85.7 cm³/mol. The monoisotopic (exact) mass is 291 g/mol. The molecule has 1 aliphatic heterocycles. The molecule has 5 nitrogen and oxygen atoms in total. The Hall–Kier alpha value is -1.75. The zero-order chi connectivity index (χ0) is 15.4. The number of nitrogens with two attached hydrogens (primary N) is 1. The van der Waals surface area contributed by atoms with Gasteiger partial charge in [0.1, 0.15) is 0 Å². The van der Waals surface area contributed by atoms with Gasteiger partial charge in [-0.2, -0.15) is 0 Å². The van der Waals surface area contributed by atoms with Gasteiger partial charge in [0.2, 0.25) is 0 Å². The molecule has 1 fully saturated rings. The van der Waals surface area contributed by atoms with Crippen LogP contribution in [-0.2, 0) is 4.74 Å². The number of carbonyl (C=O) groups is 1. The first-order valence-electron chi connectivity index (χ1n) is 7.50. The first-order chi connectivity index (χ1) is 10.1. The molecular weight excluding hydrogens is 266 g/mol. The van der Waals surface area contributed by atoms with Crippen molar-refractivity contribution in [3.05, 3.63) is 23.8 Å². The van der Waals surface area contributed by atoms with Gasteiger partial charge < -0.3 is 20.3 Å². The van der Waals surface area contributed by atoms with Crippen molar-refractivity contribution in [2.75, 3.05) is 44.4 Å². The third kappa shape index (κ3) is 3.29. The SMILES string of the molecule is CCC1CN(C)CCCN1c1c(N)cccc1C(=O)OC. The second kappa shape index (κ2) is 6.80. The van der Waals surface area contributed by atoms with E-state index in [0.717, 1.165) is 38.2 Å². The van der Waals surface area contributed by atoms with Crippen molar-refractivity contribution in [1.29, 1.82) is 0 Å². The molecule has 1 atom stereocenters. The van der Waals surface area contributed by atoms with Crippen molar-refractivity contribution >= 4 is 17.3 Å². The number of hydrogen-bond acceptors (Lipinski definition) is 5. The second-order valence-corrected chi connectivity index (χ2v) is 5.61. The molecule has 1 aromatic rings. The normalized spacial score (nSPS) is 20.1. The van der Waals surface area contributed by atoms with Crippen LogP contribution in [0.5, 0.6) is 0 Å². The van der Waals surface area contributed by atoms with Gasteiger partial charge in [0.05, 0.1) is 24.0 Å². The number of para-hydroxylation sites is 1. The third-order valence-electron chi connectivity index (χ3n) is 4.13. The van der Waals surface area contributed by atoms with Crippen LogP contribution in [0.15, 0.2) is 18.2 Å². The lowest BCUT2D eigenvalue weighted by atomic mass is 10.1. The van der Waals surface area contributed by atoms with Crippen molar-refractivity contribution in [3.63, 3.8) is 0 Å². The van der Waals surface area contributed by atoms with Crippen LogP contribution in [0.2, 0.25) is 0 Å². The molecular formula is C16H25N3O2. The molecule has 1 heterocycles. The Morgan fingerprint density at radius 2 is 2.19 bits per heavy atom. The molecule has 2 N–H and O–H groups in total. The molecule has 0 amide bonds. The number of nitrogen functional groups attached to an aromatic ring is 1. The van der Waals surface area contributed by atoms with Gasteiger partial charge in [-0.3, -0.25) is 0 Å².